The predicted octanol–water partition coefficient (Wildman–Crippen LogP) is 1.48. The van der Waals surface area contributed by atoms with Gasteiger partial charge >= 0.3 is 0 Å². The molecule has 0 heterocycles. The number of carbonyl (C=O) groups is 1. The van der Waals surface area contributed by atoms with Gasteiger partial charge < -0.3 is 5.32 Å². The molecule has 0 unspecified atom stereocenters. The predicted molar refractivity (Wildman–Crippen MR) is 42.7 cm³/mol. The van der Waals surface area contributed by atoms with E-state index in [1.165, 1.54) is 0 Å². The Balaban J connectivity index is 3.88. The highest BCUT2D eigenvalue weighted by Gasteiger charge is 2.13. The van der Waals surface area contributed by atoms with E-state index in [1.54, 1.807) is 6.08 Å². The molecule has 0 bridgehead atoms. The minimum absolute atomic E-state index is 0.0601. The fourth-order valence-electron chi connectivity index (χ4n) is 0.499. The van der Waals surface area contributed by atoms with Crippen LogP contribution in [0.25, 0.3) is 0 Å². The molecule has 58 valence electrons. The Morgan fingerprint density at radius 1 is 1.70 bits per heavy atom. The van der Waals surface area contributed by atoms with Crippen LogP contribution in [-0.2, 0) is 4.79 Å². The van der Waals surface area contributed by atoms with Crippen LogP contribution in [0.3, 0.4) is 0 Å². The van der Waals surface area contributed by atoms with E-state index in [0.717, 1.165) is 0 Å². The second-order valence-corrected chi connectivity index (χ2v) is 2.83. The molecule has 0 fully saturated rings. The van der Waals surface area contributed by atoms with Crippen LogP contribution < -0.4 is 5.32 Å². The van der Waals surface area contributed by atoms with Crippen molar-refractivity contribution in [3.05, 3.63) is 12.7 Å². The van der Waals surface area contributed by atoms with Gasteiger partial charge in [-0.1, -0.05) is 13.0 Å². The van der Waals surface area contributed by atoms with Crippen molar-refractivity contribution < 1.29 is 4.79 Å². The first kappa shape index (κ1) is 9.21. The van der Waals surface area contributed by atoms with Gasteiger partial charge in [-0.05, 0) is 13.8 Å². The lowest BCUT2D eigenvalue weighted by Gasteiger charge is -2.20. The molecule has 0 aliphatic carbocycles. The SMILES string of the molecule is C=CC(C)(C)NC(=O)CC. The van der Waals surface area contributed by atoms with Crippen LogP contribution in [0.15, 0.2) is 12.7 Å². The molecule has 1 N–H and O–H groups in total. The van der Waals surface area contributed by atoms with Crippen LogP contribution in [0, 0.1) is 0 Å². The van der Waals surface area contributed by atoms with E-state index in [0.29, 0.717) is 6.42 Å². The molecule has 0 aromatic rings. The maximum Gasteiger partial charge on any atom is 0.220 e. The Bertz CT molecular complexity index is 138. The van der Waals surface area contributed by atoms with Crippen LogP contribution in [0.5, 0.6) is 0 Å². The number of amides is 1. The highest BCUT2D eigenvalue weighted by Crippen LogP contribution is 2.01. The highest BCUT2D eigenvalue weighted by molar-refractivity contribution is 5.76. The van der Waals surface area contributed by atoms with Crippen molar-refractivity contribution in [2.24, 2.45) is 0 Å². The highest BCUT2D eigenvalue weighted by atomic mass is 16.1. The summed E-state index contributed by atoms with van der Waals surface area (Å²) in [6.07, 6.45) is 2.25. The summed E-state index contributed by atoms with van der Waals surface area (Å²) in [4.78, 5) is 10.8. The Labute approximate surface area is 62.3 Å². The molecule has 0 aliphatic rings. The van der Waals surface area contributed by atoms with Gasteiger partial charge in [0.2, 0.25) is 5.91 Å². The zero-order valence-corrected chi connectivity index (χ0v) is 6.90. The molecule has 0 saturated carbocycles. The lowest BCUT2D eigenvalue weighted by atomic mass is 10.1. The summed E-state index contributed by atoms with van der Waals surface area (Å²) < 4.78 is 0. The van der Waals surface area contributed by atoms with E-state index < -0.39 is 0 Å². The maximum atomic E-state index is 10.8. The van der Waals surface area contributed by atoms with Gasteiger partial charge in [-0.2, -0.15) is 0 Å². The van der Waals surface area contributed by atoms with E-state index in [9.17, 15) is 4.79 Å². The van der Waals surface area contributed by atoms with E-state index >= 15 is 0 Å². The average molecular weight is 141 g/mol. The lowest BCUT2D eigenvalue weighted by Crippen LogP contribution is -2.41. The van der Waals surface area contributed by atoms with Gasteiger partial charge in [0.1, 0.15) is 0 Å². The number of nitrogens with one attached hydrogen (secondary N) is 1. The fraction of sp³-hybridized carbons (Fsp3) is 0.625. The standard InChI is InChI=1S/C8H15NO/c1-5-7(10)9-8(3,4)6-2/h6H,2,5H2,1,3-4H3,(H,9,10). The zero-order chi connectivity index (χ0) is 8.20. The molecular formula is C8H15NO. The number of hydrogen-bond donors (Lipinski definition) is 1. The first-order valence-corrected chi connectivity index (χ1v) is 3.46. The van der Waals surface area contributed by atoms with E-state index in [1.807, 2.05) is 20.8 Å². The molecule has 0 radical (unpaired) electrons. The summed E-state index contributed by atoms with van der Waals surface area (Å²) in [5.41, 5.74) is -0.271. The van der Waals surface area contributed by atoms with Gasteiger partial charge in [-0.3, -0.25) is 4.79 Å². The van der Waals surface area contributed by atoms with Crippen LogP contribution >= 0.6 is 0 Å². The summed E-state index contributed by atoms with van der Waals surface area (Å²) in [7, 11) is 0. The van der Waals surface area contributed by atoms with Crippen molar-refractivity contribution in [3.63, 3.8) is 0 Å². The Morgan fingerprint density at radius 3 is 2.50 bits per heavy atom. The van der Waals surface area contributed by atoms with E-state index in [-0.39, 0.29) is 11.4 Å². The lowest BCUT2D eigenvalue weighted by molar-refractivity contribution is -0.121. The third kappa shape index (κ3) is 3.28. The summed E-state index contributed by atoms with van der Waals surface area (Å²) in [6, 6.07) is 0. The third-order valence-corrected chi connectivity index (χ3v) is 1.29. The van der Waals surface area contributed by atoms with Gasteiger partial charge in [0.15, 0.2) is 0 Å². The molecule has 0 spiro atoms. The molecule has 0 atom stereocenters. The largest absolute Gasteiger partial charge is 0.348 e. The van der Waals surface area contributed by atoms with Crippen LogP contribution in [0.1, 0.15) is 27.2 Å². The van der Waals surface area contributed by atoms with Gasteiger partial charge in [-0.25, -0.2) is 0 Å². The Kier molecular flexibility index (Phi) is 3.13. The number of hydrogen-bond acceptors (Lipinski definition) is 1. The second kappa shape index (κ2) is 3.40. The summed E-state index contributed by atoms with van der Waals surface area (Å²) in [5.74, 6) is 0.0601. The Hall–Kier alpha value is -0.790. The molecule has 0 aliphatic heterocycles. The minimum Gasteiger partial charge on any atom is -0.348 e. The Morgan fingerprint density at radius 2 is 2.20 bits per heavy atom. The van der Waals surface area contributed by atoms with Crippen molar-refractivity contribution in [2.75, 3.05) is 0 Å². The van der Waals surface area contributed by atoms with Crippen LogP contribution in [0.4, 0.5) is 0 Å². The quantitative estimate of drug-likeness (QED) is 0.592. The summed E-state index contributed by atoms with van der Waals surface area (Å²) >= 11 is 0. The van der Waals surface area contributed by atoms with Crippen molar-refractivity contribution in [1.82, 2.24) is 5.32 Å². The molecule has 1 amide bonds. The summed E-state index contributed by atoms with van der Waals surface area (Å²) in [5, 5.41) is 2.80. The van der Waals surface area contributed by atoms with Crippen molar-refractivity contribution in [1.29, 1.82) is 0 Å². The first-order valence-electron chi connectivity index (χ1n) is 3.46. The van der Waals surface area contributed by atoms with Crippen molar-refractivity contribution >= 4 is 5.91 Å². The smallest absolute Gasteiger partial charge is 0.220 e. The van der Waals surface area contributed by atoms with Gasteiger partial charge in [0.05, 0.1) is 5.54 Å². The van der Waals surface area contributed by atoms with E-state index in [4.69, 9.17) is 0 Å². The molecule has 0 aromatic carbocycles. The normalized spacial score (nSPS) is 10.7. The monoisotopic (exact) mass is 141 g/mol. The molecule has 2 heteroatoms. The van der Waals surface area contributed by atoms with Crippen LogP contribution in [-0.4, -0.2) is 11.4 Å². The zero-order valence-electron chi connectivity index (χ0n) is 6.90. The van der Waals surface area contributed by atoms with Gasteiger partial charge in [-0.15, -0.1) is 6.58 Å². The molecule has 0 aromatic heterocycles. The minimum atomic E-state index is -0.271. The molecular weight excluding hydrogens is 126 g/mol. The fourth-order valence-corrected chi connectivity index (χ4v) is 0.499. The average Bonchev–Trinajstić information content (AvgIpc) is 1.87. The van der Waals surface area contributed by atoms with Crippen molar-refractivity contribution in [2.45, 2.75) is 32.7 Å². The topological polar surface area (TPSA) is 29.1 Å². The second-order valence-electron chi connectivity index (χ2n) is 2.83. The third-order valence-electron chi connectivity index (χ3n) is 1.29. The van der Waals surface area contributed by atoms with Crippen molar-refractivity contribution in [3.8, 4) is 0 Å². The summed E-state index contributed by atoms with van der Waals surface area (Å²) in [6.45, 7) is 9.25. The van der Waals surface area contributed by atoms with Crippen LogP contribution in [0.2, 0.25) is 0 Å². The number of rotatable bonds is 3. The van der Waals surface area contributed by atoms with Gasteiger partial charge in [0, 0.05) is 6.42 Å². The van der Waals surface area contributed by atoms with E-state index in [2.05, 4.69) is 11.9 Å². The maximum absolute atomic E-state index is 10.8. The molecule has 2 nitrogen and oxygen atoms in total. The molecule has 10 heavy (non-hydrogen) atoms. The first-order chi connectivity index (χ1) is 4.52. The van der Waals surface area contributed by atoms with Gasteiger partial charge in [0.25, 0.3) is 0 Å². The molecule has 0 saturated heterocycles. The number of carbonyl (C=O) groups excluding carboxylic acids is 1. The molecule has 0 rings (SSSR count).